The average molecular weight is 336 g/mol. The van der Waals surface area contributed by atoms with Gasteiger partial charge in [-0.15, -0.1) is 0 Å². The van der Waals surface area contributed by atoms with Crippen LogP contribution in [-0.2, 0) is 6.54 Å². The Morgan fingerprint density at radius 3 is 2.84 bits per heavy atom. The van der Waals surface area contributed by atoms with Crippen LogP contribution in [0.25, 0.3) is 22.2 Å². The molecule has 0 spiro atoms. The molecule has 3 aromatic rings. The largest absolute Gasteiger partial charge is 0.441 e. The number of hydrogen-bond donors (Lipinski definition) is 1. The molecule has 1 fully saturated rings. The monoisotopic (exact) mass is 336 g/mol. The highest BCUT2D eigenvalue weighted by atomic mass is 16.4. The number of fused-ring (bicyclic) bond motifs is 1. The highest BCUT2D eigenvalue weighted by Crippen LogP contribution is 2.27. The number of aliphatic hydroxyl groups excluding tert-OH is 1. The molecule has 0 amide bonds. The maximum atomic E-state index is 9.61. The van der Waals surface area contributed by atoms with Crippen molar-refractivity contribution in [3.05, 3.63) is 53.9 Å². The predicted molar refractivity (Wildman–Crippen MR) is 99.3 cm³/mol. The third kappa shape index (κ3) is 3.32. The van der Waals surface area contributed by atoms with E-state index < -0.39 is 0 Å². The molecular formula is C21H24N2O2. The molecule has 0 bridgehead atoms. The summed E-state index contributed by atoms with van der Waals surface area (Å²) in [4.78, 5) is 7.09. The van der Waals surface area contributed by atoms with E-state index in [2.05, 4.69) is 35.2 Å². The second-order valence-corrected chi connectivity index (χ2v) is 6.89. The minimum atomic E-state index is 0.217. The molecule has 1 aromatic heterocycles. The van der Waals surface area contributed by atoms with Gasteiger partial charge in [0.05, 0.1) is 12.3 Å². The second kappa shape index (κ2) is 6.98. The lowest BCUT2D eigenvalue weighted by atomic mass is 10.0. The van der Waals surface area contributed by atoms with Crippen molar-refractivity contribution in [1.29, 1.82) is 0 Å². The van der Waals surface area contributed by atoms with E-state index in [4.69, 9.17) is 9.40 Å². The molecule has 0 unspecified atom stereocenters. The maximum Gasteiger partial charge on any atom is 0.226 e. The fraction of sp³-hybridized carbons (Fsp3) is 0.381. The molecule has 4 nitrogen and oxygen atoms in total. The van der Waals surface area contributed by atoms with Gasteiger partial charge in [-0.05, 0) is 49.2 Å². The number of aliphatic hydroxyl groups is 1. The summed E-state index contributed by atoms with van der Waals surface area (Å²) < 4.78 is 5.96. The zero-order valence-electron chi connectivity index (χ0n) is 14.6. The molecule has 1 saturated heterocycles. The van der Waals surface area contributed by atoms with Crippen LogP contribution in [-0.4, -0.2) is 34.2 Å². The van der Waals surface area contributed by atoms with Crippen LogP contribution >= 0.6 is 0 Å². The number of nitrogens with zero attached hydrogens (tertiary/aromatic N) is 2. The van der Waals surface area contributed by atoms with Gasteiger partial charge in [0.15, 0.2) is 0 Å². The summed E-state index contributed by atoms with van der Waals surface area (Å²) in [5.74, 6) is 1.54. The highest BCUT2D eigenvalue weighted by molar-refractivity contribution is 5.86. The molecule has 1 atom stereocenters. The molecule has 25 heavy (non-hydrogen) atoms. The Labute approximate surface area is 148 Å². The molecule has 130 valence electrons. The zero-order chi connectivity index (χ0) is 17.2. The third-order valence-electron chi connectivity index (χ3n) is 5.20. The van der Waals surface area contributed by atoms with E-state index >= 15 is 0 Å². The molecule has 1 aliphatic heterocycles. The fourth-order valence-electron chi connectivity index (χ4n) is 3.69. The van der Waals surface area contributed by atoms with E-state index in [-0.39, 0.29) is 12.6 Å². The smallest absolute Gasteiger partial charge is 0.226 e. The zero-order valence-corrected chi connectivity index (χ0v) is 14.6. The Bertz CT molecular complexity index is 871. The summed E-state index contributed by atoms with van der Waals surface area (Å²) in [7, 11) is 0. The van der Waals surface area contributed by atoms with Crippen molar-refractivity contribution < 1.29 is 9.52 Å². The average Bonchev–Trinajstić information content (AvgIpc) is 3.02. The van der Waals surface area contributed by atoms with Crippen LogP contribution in [0.3, 0.4) is 0 Å². The first-order valence-corrected chi connectivity index (χ1v) is 9.05. The van der Waals surface area contributed by atoms with Crippen molar-refractivity contribution in [2.75, 3.05) is 13.2 Å². The number of benzene rings is 2. The van der Waals surface area contributed by atoms with Gasteiger partial charge in [-0.1, -0.05) is 36.8 Å². The van der Waals surface area contributed by atoms with Crippen LogP contribution in [0.1, 0.15) is 30.7 Å². The van der Waals surface area contributed by atoms with Gasteiger partial charge in [0, 0.05) is 18.2 Å². The molecule has 4 rings (SSSR count). The number of oxazole rings is 1. The Morgan fingerprint density at radius 1 is 1.16 bits per heavy atom. The van der Waals surface area contributed by atoms with Crippen molar-refractivity contribution in [3.8, 4) is 11.5 Å². The fourth-order valence-corrected chi connectivity index (χ4v) is 3.69. The van der Waals surface area contributed by atoms with E-state index in [9.17, 15) is 5.11 Å². The summed E-state index contributed by atoms with van der Waals surface area (Å²) in [5, 5.41) is 12.0. The van der Waals surface area contributed by atoms with E-state index in [1.54, 1.807) is 0 Å². The Kier molecular flexibility index (Phi) is 4.55. The minimum absolute atomic E-state index is 0.217. The van der Waals surface area contributed by atoms with Crippen molar-refractivity contribution in [1.82, 2.24) is 9.88 Å². The lowest BCUT2D eigenvalue weighted by molar-refractivity contribution is 0.0828. The van der Waals surface area contributed by atoms with Gasteiger partial charge in [-0.3, -0.25) is 4.90 Å². The minimum Gasteiger partial charge on any atom is -0.441 e. The topological polar surface area (TPSA) is 49.5 Å². The summed E-state index contributed by atoms with van der Waals surface area (Å²) in [5.41, 5.74) is 1.98. The van der Waals surface area contributed by atoms with Crippen molar-refractivity contribution >= 4 is 10.8 Å². The van der Waals surface area contributed by atoms with Crippen molar-refractivity contribution in [3.63, 3.8) is 0 Å². The summed E-state index contributed by atoms with van der Waals surface area (Å²) >= 11 is 0. The second-order valence-electron chi connectivity index (χ2n) is 6.89. The van der Waals surface area contributed by atoms with Gasteiger partial charge in [-0.2, -0.15) is 0 Å². The Morgan fingerprint density at radius 2 is 2.00 bits per heavy atom. The number of piperidine rings is 1. The number of rotatable bonds is 4. The number of likely N-dealkylation sites (tertiary alicyclic amines) is 1. The maximum absolute atomic E-state index is 9.61. The molecular weight excluding hydrogens is 312 g/mol. The number of aromatic nitrogens is 1. The van der Waals surface area contributed by atoms with E-state index in [1.807, 2.05) is 19.1 Å². The lowest BCUT2D eigenvalue weighted by Crippen LogP contribution is -2.41. The standard InChI is InChI=1S/C21H24N2O2/c1-15-20(13-23-11-5-4-8-19(23)14-24)22-21(25-15)18-10-9-16-6-2-3-7-17(16)12-18/h2-3,6-7,9-10,12,19,24H,4-5,8,11,13-14H2,1H3/t19-/m1/s1. The molecule has 1 aliphatic rings. The molecule has 0 saturated carbocycles. The van der Waals surface area contributed by atoms with Crippen LogP contribution in [0.2, 0.25) is 0 Å². The highest BCUT2D eigenvalue weighted by Gasteiger charge is 2.24. The molecule has 1 N–H and O–H groups in total. The molecule has 0 radical (unpaired) electrons. The van der Waals surface area contributed by atoms with E-state index in [1.165, 1.54) is 23.6 Å². The van der Waals surface area contributed by atoms with E-state index in [0.717, 1.165) is 36.5 Å². The van der Waals surface area contributed by atoms with Crippen LogP contribution in [0.15, 0.2) is 46.9 Å². The SMILES string of the molecule is Cc1oc(-c2ccc3ccccc3c2)nc1CN1CCCC[C@@H]1CO. The van der Waals surface area contributed by atoms with Gasteiger partial charge in [0.1, 0.15) is 5.76 Å². The van der Waals surface area contributed by atoms with Crippen LogP contribution in [0, 0.1) is 6.92 Å². The molecule has 2 aromatic carbocycles. The predicted octanol–water partition coefficient (Wildman–Crippen LogP) is 4.15. The van der Waals surface area contributed by atoms with Crippen LogP contribution in [0.5, 0.6) is 0 Å². The summed E-state index contributed by atoms with van der Waals surface area (Å²) in [6, 6.07) is 14.8. The van der Waals surface area contributed by atoms with E-state index in [0.29, 0.717) is 5.89 Å². The quantitative estimate of drug-likeness (QED) is 0.777. The van der Waals surface area contributed by atoms with Gasteiger partial charge >= 0.3 is 0 Å². The van der Waals surface area contributed by atoms with Crippen molar-refractivity contribution in [2.24, 2.45) is 0 Å². The molecule has 4 heteroatoms. The first kappa shape index (κ1) is 16.3. The first-order valence-electron chi connectivity index (χ1n) is 9.05. The van der Waals surface area contributed by atoms with Crippen LogP contribution in [0.4, 0.5) is 0 Å². The lowest BCUT2D eigenvalue weighted by Gasteiger charge is -2.33. The summed E-state index contributed by atoms with van der Waals surface area (Å²) in [6.07, 6.45) is 3.44. The van der Waals surface area contributed by atoms with Gasteiger partial charge < -0.3 is 9.52 Å². The normalized spacial score (nSPS) is 18.7. The third-order valence-corrected chi connectivity index (χ3v) is 5.20. The van der Waals surface area contributed by atoms with Gasteiger partial charge in [0.2, 0.25) is 5.89 Å². The summed E-state index contributed by atoms with van der Waals surface area (Å²) in [6.45, 7) is 3.95. The van der Waals surface area contributed by atoms with Gasteiger partial charge in [0.25, 0.3) is 0 Å². The van der Waals surface area contributed by atoms with Gasteiger partial charge in [-0.25, -0.2) is 4.98 Å². The Balaban J connectivity index is 1.60. The number of aryl methyl sites for hydroxylation is 1. The number of hydrogen-bond acceptors (Lipinski definition) is 4. The molecule has 0 aliphatic carbocycles. The molecule has 2 heterocycles. The van der Waals surface area contributed by atoms with Crippen molar-refractivity contribution in [2.45, 2.75) is 38.8 Å². The first-order chi connectivity index (χ1) is 12.2. The Hall–Kier alpha value is -2.17. The van der Waals surface area contributed by atoms with Crippen LogP contribution < -0.4 is 0 Å².